The van der Waals surface area contributed by atoms with Crippen LogP contribution in [0.1, 0.15) is 49.1 Å². The fourth-order valence-electron chi connectivity index (χ4n) is 6.16. The molecule has 1 saturated heterocycles. The van der Waals surface area contributed by atoms with Crippen molar-refractivity contribution in [1.29, 1.82) is 5.26 Å². The molecule has 0 amide bonds. The topological polar surface area (TPSA) is 127 Å². The number of aliphatic hydroxyl groups is 1. The fraction of sp³-hybridized carbons (Fsp3) is 0.368. The number of aromatic nitrogens is 5. The lowest BCUT2D eigenvalue weighted by Crippen LogP contribution is -2.46. The minimum Gasteiger partial charge on any atom is -0.491 e. The highest BCUT2D eigenvalue weighted by Crippen LogP contribution is 2.26. The molecule has 0 bridgehead atoms. The van der Waals surface area contributed by atoms with Gasteiger partial charge in [-0.3, -0.25) is 4.68 Å². The summed E-state index contributed by atoms with van der Waals surface area (Å²) < 4.78 is 17.0. The van der Waals surface area contributed by atoms with Gasteiger partial charge in [0.05, 0.1) is 36.5 Å². The molecule has 3 aromatic carbocycles. The third-order valence-corrected chi connectivity index (χ3v) is 9.27. The van der Waals surface area contributed by atoms with Crippen LogP contribution in [0.5, 0.6) is 5.75 Å². The first-order chi connectivity index (χ1) is 24.3. The van der Waals surface area contributed by atoms with Crippen LogP contribution in [0, 0.1) is 18.3 Å². The first kappa shape index (κ1) is 34.5. The summed E-state index contributed by atoms with van der Waals surface area (Å²) in [4.78, 5) is 17.5. The van der Waals surface area contributed by atoms with Gasteiger partial charge in [0, 0.05) is 49.9 Å². The summed E-state index contributed by atoms with van der Waals surface area (Å²) >= 11 is 0. The van der Waals surface area contributed by atoms with E-state index in [0.717, 1.165) is 60.8 Å². The zero-order valence-electron chi connectivity index (χ0n) is 28.8. The number of hydrogen-bond donors (Lipinski definition) is 1. The maximum atomic E-state index is 12.8. The Balaban J connectivity index is 0.975. The number of rotatable bonds is 14. The summed E-state index contributed by atoms with van der Waals surface area (Å²) in [6.07, 6.45) is 4.84. The van der Waals surface area contributed by atoms with Crippen molar-refractivity contribution in [3.05, 3.63) is 119 Å². The molecule has 12 nitrogen and oxygen atoms in total. The highest BCUT2D eigenvalue weighted by molar-refractivity contribution is 5.54. The van der Waals surface area contributed by atoms with Crippen LogP contribution in [0.3, 0.4) is 0 Å². The van der Waals surface area contributed by atoms with Gasteiger partial charge < -0.3 is 24.4 Å². The second-order valence-corrected chi connectivity index (χ2v) is 12.7. The Kier molecular flexibility index (Phi) is 11.0. The quantitative estimate of drug-likeness (QED) is 0.175. The largest absolute Gasteiger partial charge is 0.491 e. The lowest BCUT2D eigenvalue weighted by Gasteiger charge is -2.37. The van der Waals surface area contributed by atoms with Crippen molar-refractivity contribution in [2.75, 3.05) is 49.2 Å². The van der Waals surface area contributed by atoms with Crippen molar-refractivity contribution in [2.45, 2.75) is 52.0 Å². The Bertz CT molecular complexity index is 1920. The molecular weight excluding hydrogens is 632 g/mol. The van der Waals surface area contributed by atoms with E-state index in [2.05, 4.69) is 38.2 Å². The average molecular weight is 677 g/mol. The van der Waals surface area contributed by atoms with Crippen molar-refractivity contribution in [3.63, 3.8) is 0 Å². The van der Waals surface area contributed by atoms with Gasteiger partial charge in [0.15, 0.2) is 0 Å². The average Bonchev–Trinajstić information content (AvgIpc) is 3.82. The molecule has 50 heavy (non-hydrogen) atoms. The summed E-state index contributed by atoms with van der Waals surface area (Å²) in [7, 11) is 0. The fourth-order valence-corrected chi connectivity index (χ4v) is 6.16. The summed E-state index contributed by atoms with van der Waals surface area (Å²) in [6.45, 7) is 10.1. The number of anilines is 2. The van der Waals surface area contributed by atoms with Crippen LogP contribution < -0.4 is 20.2 Å². The predicted molar refractivity (Wildman–Crippen MR) is 192 cm³/mol. The Hall–Kier alpha value is -5.38. The van der Waals surface area contributed by atoms with Gasteiger partial charge in [-0.2, -0.15) is 15.5 Å². The maximum absolute atomic E-state index is 12.8. The molecule has 1 fully saturated rings. The molecule has 5 aromatic rings. The molecule has 260 valence electrons. The van der Waals surface area contributed by atoms with E-state index < -0.39 is 6.10 Å². The Morgan fingerprint density at radius 2 is 1.58 bits per heavy atom. The second kappa shape index (κ2) is 15.9. The lowest BCUT2D eigenvalue weighted by molar-refractivity contribution is -0.0328. The molecule has 3 heterocycles. The lowest BCUT2D eigenvalue weighted by atomic mass is 10.0. The van der Waals surface area contributed by atoms with E-state index in [1.807, 2.05) is 81.6 Å². The first-order valence-electron chi connectivity index (χ1n) is 17.1. The molecule has 1 unspecified atom stereocenters. The SMILES string of the molecule is CC[C@H](C)n1ncn(-c2ccc(N3CCN(c4ccc(OC[C@H](O)COC(Cn5cccn5)c5ccc(C#N)cc5C)cc4)CC3)cc2)c1=O. The van der Waals surface area contributed by atoms with Crippen LogP contribution in [0.4, 0.5) is 11.4 Å². The number of nitrogens with zero attached hydrogens (tertiary/aromatic N) is 8. The molecule has 1 aliphatic heterocycles. The Morgan fingerprint density at radius 1 is 0.920 bits per heavy atom. The number of hydrogen-bond acceptors (Lipinski definition) is 9. The first-order valence-corrected chi connectivity index (χ1v) is 17.1. The molecule has 0 spiro atoms. The van der Waals surface area contributed by atoms with Crippen molar-refractivity contribution in [2.24, 2.45) is 0 Å². The highest BCUT2D eigenvalue weighted by atomic mass is 16.5. The van der Waals surface area contributed by atoms with Gasteiger partial charge in [0.25, 0.3) is 0 Å². The van der Waals surface area contributed by atoms with E-state index >= 15 is 0 Å². The van der Waals surface area contributed by atoms with E-state index in [1.165, 1.54) is 4.68 Å². The van der Waals surface area contributed by atoms with Gasteiger partial charge >= 0.3 is 5.69 Å². The van der Waals surface area contributed by atoms with Crippen LogP contribution in [-0.2, 0) is 11.3 Å². The normalized spacial score (nSPS) is 15.0. The van der Waals surface area contributed by atoms with Gasteiger partial charge in [-0.1, -0.05) is 13.0 Å². The monoisotopic (exact) mass is 676 g/mol. The Morgan fingerprint density at radius 3 is 2.18 bits per heavy atom. The maximum Gasteiger partial charge on any atom is 0.350 e. The Labute approximate surface area is 292 Å². The van der Waals surface area contributed by atoms with Crippen LogP contribution in [0.2, 0.25) is 0 Å². The second-order valence-electron chi connectivity index (χ2n) is 12.7. The van der Waals surface area contributed by atoms with Crippen molar-refractivity contribution < 1.29 is 14.6 Å². The van der Waals surface area contributed by atoms with Gasteiger partial charge in [-0.25, -0.2) is 14.0 Å². The van der Waals surface area contributed by atoms with Crippen molar-refractivity contribution in [3.8, 4) is 17.5 Å². The number of piperazine rings is 1. The van der Waals surface area contributed by atoms with E-state index in [9.17, 15) is 15.2 Å². The smallest absolute Gasteiger partial charge is 0.350 e. The van der Waals surface area contributed by atoms with Crippen molar-refractivity contribution >= 4 is 11.4 Å². The molecule has 0 saturated carbocycles. The number of aryl methyl sites for hydroxylation is 1. The molecule has 2 aromatic heterocycles. The predicted octanol–water partition coefficient (Wildman–Crippen LogP) is 4.91. The van der Waals surface area contributed by atoms with Gasteiger partial charge in [-0.15, -0.1) is 0 Å². The van der Waals surface area contributed by atoms with E-state index in [4.69, 9.17) is 9.47 Å². The third-order valence-electron chi connectivity index (χ3n) is 9.27. The number of benzene rings is 3. The number of ether oxygens (including phenoxy) is 2. The molecule has 3 atom stereocenters. The van der Waals surface area contributed by atoms with Gasteiger partial charge in [-0.05, 0) is 98.1 Å². The minimum absolute atomic E-state index is 0.0610. The van der Waals surface area contributed by atoms with Crippen LogP contribution in [-0.4, -0.2) is 74.7 Å². The van der Waals surface area contributed by atoms with E-state index in [-0.39, 0.29) is 31.0 Å². The van der Waals surface area contributed by atoms with Crippen LogP contribution >= 0.6 is 0 Å². The summed E-state index contributed by atoms with van der Waals surface area (Å²) in [6, 6.07) is 25.7. The molecule has 12 heteroatoms. The third kappa shape index (κ3) is 8.07. The highest BCUT2D eigenvalue weighted by Gasteiger charge is 2.20. The van der Waals surface area contributed by atoms with E-state index in [1.54, 1.807) is 27.8 Å². The summed E-state index contributed by atoms with van der Waals surface area (Å²) in [5.74, 6) is 0.677. The summed E-state index contributed by atoms with van der Waals surface area (Å²) in [5.41, 5.74) is 5.42. The van der Waals surface area contributed by atoms with Gasteiger partial charge in [0.2, 0.25) is 0 Å². The zero-order valence-corrected chi connectivity index (χ0v) is 28.8. The zero-order chi connectivity index (χ0) is 35.0. The van der Waals surface area contributed by atoms with E-state index in [0.29, 0.717) is 17.9 Å². The van der Waals surface area contributed by atoms with Gasteiger partial charge in [0.1, 0.15) is 30.9 Å². The van der Waals surface area contributed by atoms with Crippen LogP contribution in [0.15, 0.2) is 96.3 Å². The molecule has 0 aliphatic carbocycles. The standard InChI is InChI=1S/C38H44N8O4/c1-4-29(3)46-38(48)45(27-41-46)33-9-7-31(8-10-33)42-18-20-43(21-19-42)32-11-13-35(14-12-32)49-25-34(47)26-50-37(24-44-17-5-16-40-44)36-15-6-30(23-39)22-28(36)2/h5-17,22,27,29,34,37,47H,4,18-21,24-26H2,1-3H3/t29-,34-,37?/m0/s1. The van der Waals surface area contributed by atoms with Crippen molar-refractivity contribution in [1.82, 2.24) is 24.1 Å². The molecule has 1 N–H and O–H groups in total. The molecule has 6 rings (SSSR count). The molecule has 1 aliphatic rings. The molecule has 0 radical (unpaired) electrons. The minimum atomic E-state index is -0.834. The summed E-state index contributed by atoms with van der Waals surface area (Å²) in [5, 5.41) is 28.6. The number of aliphatic hydroxyl groups excluding tert-OH is 1. The number of nitriles is 1. The molecular formula is C38H44N8O4. The van der Waals surface area contributed by atoms with Crippen LogP contribution in [0.25, 0.3) is 5.69 Å².